The molecule has 2 fully saturated rings. The molecule has 20 heavy (non-hydrogen) atoms. The summed E-state index contributed by atoms with van der Waals surface area (Å²) < 4.78 is 29.2. The predicted octanol–water partition coefficient (Wildman–Crippen LogP) is 0.685. The van der Waals surface area contributed by atoms with Gasteiger partial charge in [0, 0.05) is 26.2 Å². The number of rotatable bonds is 3. The molecule has 0 spiro atoms. The molecule has 2 rings (SSSR count). The van der Waals surface area contributed by atoms with Crippen LogP contribution in [-0.2, 0) is 10.2 Å². The molecule has 2 saturated heterocycles. The van der Waals surface area contributed by atoms with Crippen LogP contribution in [0.1, 0.15) is 38.5 Å². The SMILES string of the molecule is CN1CCC(C#N)(NS(=O)(=O)N2CCCCCC2)CC1. The fourth-order valence-electron chi connectivity index (χ4n) is 2.83. The molecule has 1 N–H and O–H groups in total. The van der Waals surface area contributed by atoms with Crippen LogP contribution in [0, 0.1) is 11.3 Å². The lowest BCUT2D eigenvalue weighted by Crippen LogP contribution is -2.57. The first-order valence-electron chi connectivity index (χ1n) is 7.36. The average Bonchev–Trinajstić information content (AvgIpc) is 2.71. The van der Waals surface area contributed by atoms with Crippen LogP contribution in [0.4, 0.5) is 0 Å². The smallest absolute Gasteiger partial charge is 0.280 e. The Balaban J connectivity index is 2.07. The van der Waals surface area contributed by atoms with Crippen molar-refractivity contribution in [2.24, 2.45) is 0 Å². The molecule has 0 aromatic heterocycles. The van der Waals surface area contributed by atoms with Crippen molar-refractivity contribution in [3.05, 3.63) is 0 Å². The highest BCUT2D eigenvalue weighted by Crippen LogP contribution is 2.23. The molecule has 0 atom stereocenters. The number of likely N-dealkylation sites (tertiary alicyclic amines) is 1. The van der Waals surface area contributed by atoms with Gasteiger partial charge >= 0.3 is 0 Å². The number of nitrogens with one attached hydrogen (secondary N) is 1. The lowest BCUT2D eigenvalue weighted by atomic mass is 9.91. The Hall–Kier alpha value is -0.680. The van der Waals surface area contributed by atoms with Crippen molar-refractivity contribution in [3.8, 4) is 6.07 Å². The summed E-state index contributed by atoms with van der Waals surface area (Å²) in [7, 11) is -1.56. The molecule has 6 nitrogen and oxygen atoms in total. The fraction of sp³-hybridized carbons (Fsp3) is 0.923. The van der Waals surface area contributed by atoms with Gasteiger partial charge in [-0.15, -0.1) is 0 Å². The monoisotopic (exact) mass is 300 g/mol. The van der Waals surface area contributed by atoms with E-state index in [0.29, 0.717) is 25.9 Å². The Bertz CT molecular complexity index is 455. The van der Waals surface area contributed by atoms with Crippen LogP contribution >= 0.6 is 0 Å². The molecule has 0 amide bonds. The highest BCUT2D eigenvalue weighted by molar-refractivity contribution is 7.87. The van der Waals surface area contributed by atoms with Gasteiger partial charge in [0.2, 0.25) is 0 Å². The summed E-state index contributed by atoms with van der Waals surface area (Å²) in [6.45, 7) is 2.62. The lowest BCUT2D eigenvalue weighted by molar-refractivity contribution is 0.210. The van der Waals surface area contributed by atoms with Crippen LogP contribution in [0.3, 0.4) is 0 Å². The van der Waals surface area contributed by atoms with E-state index >= 15 is 0 Å². The first kappa shape index (κ1) is 15.7. The fourth-order valence-corrected chi connectivity index (χ4v) is 4.44. The summed E-state index contributed by atoms with van der Waals surface area (Å²) in [6.07, 6.45) is 5.08. The summed E-state index contributed by atoms with van der Waals surface area (Å²) in [5.41, 5.74) is -0.933. The van der Waals surface area contributed by atoms with Crippen molar-refractivity contribution >= 4 is 10.2 Å². The molecule has 0 aliphatic carbocycles. The third-order valence-corrected chi connectivity index (χ3v) is 5.98. The van der Waals surface area contributed by atoms with Crippen LogP contribution in [0.5, 0.6) is 0 Å². The molecule has 0 aromatic rings. The maximum Gasteiger partial charge on any atom is 0.280 e. The van der Waals surface area contributed by atoms with Gasteiger partial charge in [-0.05, 0) is 32.7 Å². The van der Waals surface area contributed by atoms with E-state index < -0.39 is 15.7 Å². The molecule has 0 radical (unpaired) electrons. The Kier molecular flexibility index (Phi) is 5.02. The number of hydrogen-bond donors (Lipinski definition) is 1. The van der Waals surface area contributed by atoms with E-state index in [4.69, 9.17) is 0 Å². The zero-order chi connectivity index (χ0) is 14.6. The van der Waals surface area contributed by atoms with Crippen molar-refractivity contribution in [2.45, 2.75) is 44.1 Å². The van der Waals surface area contributed by atoms with Crippen LogP contribution < -0.4 is 4.72 Å². The Morgan fingerprint density at radius 1 is 1.05 bits per heavy atom. The molecule has 0 saturated carbocycles. The molecule has 0 aromatic carbocycles. The summed E-state index contributed by atoms with van der Waals surface area (Å²) in [4.78, 5) is 2.12. The van der Waals surface area contributed by atoms with Gasteiger partial charge in [-0.2, -0.15) is 22.7 Å². The van der Waals surface area contributed by atoms with Gasteiger partial charge in [-0.25, -0.2) is 0 Å². The van der Waals surface area contributed by atoms with Crippen LogP contribution in [0.25, 0.3) is 0 Å². The van der Waals surface area contributed by atoms with Crippen molar-refractivity contribution in [2.75, 3.05) is 33.2 Å². The summed E-state index contributed by atoms with van der Waals surface area (Å²) in [5.74, 6) is 0. The van der Waals surface area contributed by atoms with Crippen molar-refractivity contribution < 1.29 is 8.42 Å². The van der Waals surface area contributed by atoms with Gasteiger partial charge in [0.25, 0.3) is 10.2 Å². The van der Waals surface area contributed by atoms with Gasteiger partial charge in [-0.1, -0.05) is 12.8 Å². The normalized spacial score (nSPS) is 25.8. The standard InChI is InChI=1S/C13H24N4O2S/c1-16-10-6-13(12-14,7-11-16)15-20(18,19)17-8-4-2-3-5-9-17/h15H,2-11H2,1H3. The first-order chi connectivity index (χ1) is 9.47. The zero-order valence-corrected chi connectivity index (χ0v) is 13.0. The molecule has 0 bridgehead atoms. The molecule has 2 aliphatic heterocycles. The number of hydrogen-bond acceptors (Lipinski definition) is 4. The molecule has 114 valence electrons. The van der Waals surface area contributed by atoms with Gasteiger partial charge in [-0.3, -0.25) is 0 Å². The molecule has 7 heteroatoms. The van der Waals surface area contributed by atoms with E-state index in [1.54, 1.807) is 0 Å². The maximum atomic E-state index is 12.5. The van der Waals surface area contributed by atoms with E-state index in [2.05, 4.69) is 15.7 Å². The second kappa shape index (κ2) is 6.39. The largest absolute Gasteiger partial charge is 0.306 e. The second-order valence-corrected chi connectivity index (χ2v) is 7.59. The first-order valence-corrected chi connectivity index (χ1v) is 8.80. The summed E-state index contributed by atoms with van der Waals surface area (Å²) in [6, 6.07) is 2.21. The van der Waals surface area contributed by atoms with E-state index in [1.807, 2.05) is 7.05 Å². The van der Waals surface area contributed by atoms with Crippen LogP contribution in [-0.4, -0.2) is 56.4 Å². The third kappa shape index (κ3) is 3.70. The number of nitrogens with zero attached hydrogens (tertiary/aromatic N) is 3. The summed E-state index contributed by atoms with van der Waals surface area (Å²) >= 11 is 0. The van der Waals surface area contributed by atoms with Gasteiger partial charge in [0.1, 0.15) is 5.54 Å². The van der Waals surface area contributed by atoms with Crippen LogP contribution in [0.2, 0.25) is 0 Å². The van der Waals surface area contributed by atoms with Gasteiger partial charge in [0.15, 0.2) is 0 Å². The van der Waals surface area contributed by atoms with E-state index in [1.165, 1.54) is 4.31 Å². The minimum Gasteiger partial charge on any atom is -0.306 e. The Labute approximate surface area is 121 Å². The van der Waals surface area contributed by atoms with E-state index in [0.717, 1.165) is 38.8 Å². The lowest BCUT2D eigenvalue weighted by Gasteiger charge is -2.37. The highest BCUT2D eigenvalue weighted by atomic mass is 32.2. The van der Waals surface area contributed by atoms with E-state index in [-0.39, 0.29) is 0 Å². The van der Waals surface area contributed by atoms with Gasteiger partial charge in [0.05, 0.1) is 6.07 Å². The molecule has 0 unspecified atom stereocenters. The third-order valence-electron chi connectivity index (χ3n) is 4.28. The quantitative estimate of drug-likeness (QED) is 0.832. The number of piperidine rings is 1. The number of nitriles is 1. The highest BCUT2D eigenvalue weighted by Gasteiger charge is 2.39. The zero-order valence-electron chi connectivity index (χ0n) is 12.1. The minimum atomic E-state index is -3.55. The summed E-state index contributed by atoms with van der Waals surface area (Å²) in [5, 5.41) is 9.43. The Morgan fingerprint density at radius 2 is 1.60 bits per heavy atom. The molecular weight excluding hydrogens is 276 g/mol. The van der Waals surface area contributed by atoms with Gasteiger partial charge < -0.3 is 4.90 Å². The van der Waals surface area contributed by atoms with Crippen LogP contribution in [0.15, 0.2) is 0 Å². The molecular formula is C13H24N4O2S. The van der Waals surface area contributed by atoms with Crippen molar-refractivity contribution in [1.82, 2.24) is 13.9 Å². The van der Waals surface area contributed by atoms with E-state index in [9.17, 15) is 13.7 Å². The molecule has 2 aliphatic rings. The van der Waals surface area contributed by atoms with Crippen molar-refractivity contribution in [3.63, 3.8) is 0 Å². The second-order valence-electron chi connectivity index (χ2n) is 5.92. The molecule has 2 heterocycles. The minimum absolute atomic E-state index is 0.549. The predicted molar refractivity (Wildman–Crippen MR) is 77.2 cm³/mol. The topological polar surface area (TPSA) is 76.4 Å². The average molecular weight is 300 g/mol. The van der Waals surface area contributed by atoms with Crippen molar-refractivity contribution in [1.29, 1.82) is 5.26 Å². The maximum absolute atomic E-state index is 12.5. The Morgan fingerprint density at radius 3 is 2.10 bits per heavy atom.